The molecule has 0 saturated carbocycles. The summed E-state index contributed by atoms with van der Waals surface area (Å²) in [5.41, 5.74) is 0.206. The molecule has 0 bridgehead atoms. The van der Waals surface area contributed by atoms with Gasteiger partial charge in [0.05, 0.1) is 11.3 Å². The standard InChI is InChI=1S/C13H15FN2O3/c1-13(19)2-3-16(6-13)10-5-9-7(4-8(10)14)11(17)12(18)15-9/h4-5,11,17,19H,2-3,6H2,1H3,(H,15,18). The largest absolute Gasteiger partial charge is 0.388 e. The minimum Gasteiger partial charge on any atom is -0.388 e. The third kappa shape index (κ3) is 1.97. The van der Waals surface area contributed by atoms with Gasteiger partial charge in [-0.3, -0.25) is 4.79 Å². The van der Waals surface area contributed by atoms with Crippen LogP contribution in [-0.2, 0) is 4.79 Å². The molecule has 2 atom stereocenters. The monoisotopic (exact) mass is 266 g/mol. The number of benzene rings is 1. The molecule has 6 heteroatoms. The molecular formula is C13H15FN2O3. The van der Waals surface area contributed by atoms with E-state index < -0.39 is 23.4 Å². The third-order valence-electron chi connectivity index (χ3n) is 3.71. The van der Waals surface area contributed by atoms with Crippen LogP contribution in [0, 0.1) is 5.82 Å². The smallest absolute Gasteiger partial charge is 0.257 e. The van der Waals surface area contributed by atoms with Crippen molar-refractivity contribution in [2.75, 3.05) is 23.3 Å². The number of rotatable bonds is 1. The maximum atomic E-state index is 14.1. The second-order valence-corrected chi connectivity index (χ2v) is 5.45. The van der Waals surface area contributed by atoms with Crippen molar-refractivity contribution in [3.8, 4) is 0 Å². The molecule has 102 valence electrons. The first-order chi connectivity index (χ1) is 8.87. The van der Waals surface area contributed by atoms with E-state index in [0.29, 0.717) is 30.9 Å². The van der Waals surface area contributed by atoms with Crippen LogP contribution >= 0.6 is 0 Å². The van der Waals surface area contributed by atoms with E-state index in [9.17, 15) is 19.4 Å². The van der Waals surface area contributed by atoms with Crippen molar-refractivity contribution in [1.82, 2.24) is 0 Å². The zero-order valence-electron chi connectivity index (χ0n) is 10.5. The van der Waals surface area contributed by atoms with Gasteiger partial charge in [0.1, 0.15) is 5.82 Å². The van der Waals surface area contributed by atoms with Crippen LogP contribution in [0.1, 0.15) is 25.0 Å². The molecule has 5 nitrogen and oxygen atoms in total. The minimum atomic E-state index is -1.31. The number of hydrogen-bond donors (Lipinski definition) is 3. The molecule has 2 heterocycles. The molecule has 2 aliphatic rings. The number of fused-ring (bicyclic) bond motifs is 1. The molecule has 1 amide bonds. The number of β-amino-alcohol motifs (C(OH)–C–C–N with tert-alkyl or cyclic N) is 1. The van der Waals surface area contributed by atoms with Crippen molar-refractivity contribution in [1.29, 1.82) is 0 Å². The fourth-order valence-electron chi connectivity index (χ4n) is 2.65. The highest BCUT2D eigenvalue weighted by molar-refractivity contribution is 6.02. The predicted molar refractivity (Wildman–Crippen MR) is 67.4 cm³/mol. The zero-order valence-corrected chi connectivity index (χ0v) is 10.5. The van der Waals surface area contributed by atoms with Gasteiger partial charge in [-0.05, 0) is 25.5 Å². The Labute approximate surface area is 109 Å². The number of aliphatic hydroxyl groups is 2. The number of amides is 1. The normalized spacial score (nSPS) is 29.6. The molecular weight excluding hydrogens is 251 g/mol. The molecule has 0 aromatic heterocycles. The van der Waals surface area contributed by atoms with Crippen LogP contribution in [0.25, 0.3) is 0 Å². The first-order valence-corrected chi connectivity index (χ1v) is 6.17. The van der Waals surface area contributed by atoms with Gasteiger partial charge in [-0.15, -0.1) is 0 Å². The van der Waals surface area contributed by atoms with Gasteiger partial charge in [0, 0.05) is 24.3 Å². The van der Waals surface area contributed by atoms with Crippen LogP contribution in [0.15, 0.2) is 12.1 Å². The average molecular weight is 266 g/mol. The number of halogens is 1. The van der Waals surface area contributed by atoms with Gasteiger partial charge >= 0.3 is 0 Å². The molecule has 1 aromatic rings. The van der Waals surface area contributed by atoms with E-state index in [1.165, 1.54) is 12.1 Å². The van der Waals surface area contributed by atoms with Gasteiger partial charge in [0.25, 0.3) is 5.91 Å². The summed E-state index contributed by atoms with van der Waals surface area (Å²) in [7, 11) is 0. The summed E-state index contributed by atoms with van der Waals surface area (Å²) in [5.74, 6) is -1.04. The maximum absolute atomic E-state index is 14.1. The maximum Gasteiger partial charge on any atom is 0.257 e. The molecule has 1 aromatic carbocycles. The van der Waals surface area contributed by atoms with Crippen LogP contribution < -0.4 is 10.2 Å². The van der Waals surface area contributed by atoms with Crippen molar-refractivity contribution in [3.05, 3.63) is 23.5 Å². The Balaban J connectivity index is 1.97. The summed E-state index contributed by atoms with van der Waals surface area (Å²) in [4.78, 5) is 13.1. The van der Waals surface area contributed by atoms with E-state index in [1.54, 1.807) is 11.8 Å². The van der Waals surface area contributed by atoms with Crippen molar-refractivity contribution in [2.45, 2.75) is 25.0 Å². The predicted octanol–water partition coefficient (Wildman–Crippen LogP) is 0.772. The Kier molecular flexibility index (Phi) is 2.55. The number of anilines is 2. The van der Waals surface area contributed by atoms with Gasteiger partial charge in [-0.1, -0.05) is 0 Å². The second kappa shape index (κ2) is 3.91. The Morgan fingerprint density at radius 3 is 2.89 bits per heavy atom. The van der Waals surface area contributed by atoms with E-state index in [2.05, 4.69) is 5.32 Å². The molecule has 0 aliphatic carbocycles. The number of nitrogens with one attached hydrogen (secondary N) is 1. The minimum absolute atomic E-state index is 0.261. The molecule has 3 rings (SSSR count). The van der Waals surface area contributed by atoms with Gasteiger partial charge in [0.15, 0.2) is 6.10 Å². The fourth-order valence-corrected chi connectivity index (χ4v) is 2.65. The number of nitrogens with zero attached hydrogens (tertiary/aromatic N) is 1. The van der Waals surface area contributed by atoms with E-state index in [-0.39, 0.29) is 5.56 Å². The van der Waals surface area contributed by atoms with Crippen molar-refractivity contribution in [3.63, 3.8) is 0 Å². The highest BCUT2D eigenvalue weighted by atomic mass is 19.1. The van der Waals surface area contributed by atoms with Crippen molar-refractivity contribution < 1.29 is 19.4 Å². The molecule has 0 spiro atoms. The summed E-state index contributed by atoms with van der Waals surface area (Å²) in [6.07, 6.45) is -0.737. The molecule has 19 heavy (non-hydrogen) atoms. The lowest BCUT2D eigenvalue weighted by molar-refractivity contribution is -0.123. The quantitative estimate of drug-likeness (QED) is 0.702. The summed E-state index contributed by atoms with van der Waals surface area (Å²) in [6, 6.07) is 2.69. The lowest BCUT2D eigenvalue weighted by Gasteiger charge is -2.22. The van der Waals surface area contributed by atoms with Crippen LogP contribution in [0.3, 0.4) is 0 Å². The van der Waals surface area contributed by atoms with Gasteiger partial charge in [0.2, 0.25) is 0 Å². The van der Waals surface area contributed by atoms with E-state index >= 15 is 0 Å². The van der Waals surface area contributed by atoms with E-state index in [4.69, 9.17) is 0 Å². The van der Waals surface area contributed by atoms with Gasteiger partial charge in [-0.25, -0.2) is 4.39 Å². The van der Waals surface area contributed by atoms with Crippen LogP contribution in [0.5, 0.6) is 0 Å². The molecule has 2 aliphatic heterocycles. The average Bonchev–Trinajstić information content (AvgIpc) is 2.81. The lowest BCUT2D eigenvalue weighted by atomic mass is 10.1. The number of carbonyl (C=O) groups is 1. The zero-order chi connectivity index (χ0) is 13.8. The molecule has 1 saturated heterocycles. The SMILES string of the molecule is CC1(O)CCN(c2cc3c(cc2F)C(O)C(=O)N3)C1. The molecule has 3 N–H and O–H groups in total. The van der Waals surface area contributed by atoms with Crippen LogP contribution in [0.4, 0.5) is 15.8 Å². The van der Waals surface area contributed by atoms with E-state index in [0.717, 1.165) is 0 Å². The molecule has 0 radical (unpaired) electrons. The first kappa shape index (κ1) is 12.4. The fraction of sp³-hybridized carbons (Fsp3) is 0.462. The van der Waals surface area contributed by atoms with Crippen molar-refractivity contribution >= 4 is 17.3 Å². The Morgan fingerprint density at radius 1 is 1.53 bits per heavy atom. The highest BCUT2D eigenvalue weighted by Gasteiger charge is 2.35. The Bertz CT molecular complexity index is 559. The number of carbonyl (C=O) groups excluding carboxylic acids is 1. The van der Waals surface area contributed by atoms with Crippen LogP contribution in [0.2, 0.25) is 0 Å². The van der Waals surface area contributed by atoms with Crippen molar-refractivity contribution in [2.24, 2.45) is 0 Å². The van der Waals surface area contributed by atoms with Gasteiger partial charge < -0.3 is 20.4 Å². The highest BCUT2D eigenvalue weighted by Crippen LogP contribution is 2.37. The Morgan fingerprint density at radius 2 is 2.26 bits per heavy atom. The lowest BCUT2D eigenvalue weighted by Crippen LogP contribution is -2.30. The summed E-state index contributed by atoms with van der Waals surface area (Å²) in [6.45, 7) is 2.61. The second-order valence-electron chi connectivity index (χ2n) is 5.45. The van der Waals surface area contributed by atoms with Crippen LogP contribution in [-0.4, -0.2) is 34.8 Å². The number of aliphatic hydroxyl groups excluding tert-OH is 1. The number of hydrogen-bond acceptors (Lipinski definition) is 4. The first-order valence-electron chi connectivity index (χ1n) is 6.17. The summed E-state index contributed by atoms with van der Waals surface area (Å²) < 4.78 is 14.1. The summed E-state index contributed by atoms with van der Waals surface area (Å²) >= 11 is 0. The van der Waals surface area contributed by atoms with E-state index in [1.807, 2.05) is 0 Å². The topological polar surface area (TPSA) is 72.8 Å². The molecule has 1 fully saturated rings. The molecule has 2 unspecified atom stereocenters. The summed E-state index contributed by atoms with van der Waals surface area (Å²) in [5, 5.41) is 22.0. The Hall–Kier alpha value is -1.66. The van der Waals surface area contributed by atoms with Gasteiger partial charge in [-0.2, -0.15) is 0 Å². The third-order valence-corrected chi connectivity index (χ3v) is 3.71.